The molecular weight excluding hydrogens is 230 g/mol. The number of ether oxygens (including phenoxy) is 2. The van der Waals surface area contributed by atoms with Gasteiger partial charge in [0.1, 0.15) is 5.76 Å². The molecule has 0 aliphatic carbocycles. The third-order valence-corrected chi connectivity index (χ3v) is 2.68. The van der Waals surface area contributed by atoms with E-state index in [9.17, 15) is 4.79 Å². The first kappa shape index (κ1) is 12.5. The number of benzene rings is 1. The Bertz CT molecular complexity index is 468. The average molecular weight is 247 g/mol. The fourth-order valence-corrected chi connectivity index (χ4v) is 1.95. The van der Waals surface area contributed by atoms with Crippen LogP contribution in [0.25, 0.3) is 6.08 Å². The van der Waals surface area contributed by atoms with Crippen LogP contribution in [0, 0.1) is 0 Å². The molecule has 0 spiro atoms. The number of anilines is 1. The van der Waals surface area contributed by atoms with E-state index in [1.165, 1.54) is 0 Å². The molecule has 1 aliphatic heterocycles. The van der Waals surface area contributed by atoms with Crippen LogP contribution >= 0.6 is 0 Å². The fourth-order valence-electron chi connectivity index (χ4n) is 1.95. The van der Waals surface area contributed by atoms with Gasteiger partial charge in [0.2, 0.25) is 0 Å². The zero-order chi connectivity index (χ0) is 13.0. The first-order valence-corrected chi connectivity index (χ1v) is 6.13. The van der Waals surface area contributed by atoms with Gasteiger partial charge < -0.3 is 9.47 Å². The Morgan fingerprint density at radius 2 is 2.06 bits per heavy atom. The molecule has 18 heavy (non-hydrogen) atoms. The molecule has 1 aromatic carbocycles. The number of nitrogens with zero attached hydrogens (tertiary/aromatic N) is 1. The molecule has 4 nitrogen and oxygen atoms in total. The van der Waals surface area contributed by atoms with E-state index in [1.54, 1.807) is 11.8 Å². The van der Waals surface area contributed by atoms with Gasteiger partial charge in [-0.15, -0.1) is 0 Å². The quantitative estimate of drug-likeness (QED) is 0.824. The van der Waals surface area contributed by atoms with Crippen molar-refractivity contribution in [1.29, 1.82) is 0 Å². The summed E-state index contributed by atoms with van der Waals surface area (Å²) >= 11 is 0. The van der Waals surface area contributed by atoms with E-state index < -0.39 is 0 Å². The highest BCUT2D eigenvalue weighted by atomic mass is 16.6. The van der Waals surface area contributed by atoms with Gasteiger partial charge in [-0.25, -0.2) is 4.79 Å². The minimum absolute atomic E-state index is 0.338. The van der Waals surface area contributed by atoms with Crippen molar-refractivity contribution in [2.45, 2.75) is 13.8 Å². The van der Waals surface area contributed by atoms with Gasteiger partial charge in [0.25, 0.3) is 0 Å². The summed E-state index contributed by atoms with van der Waals surface area (Å²) in [7, 11) is 0. The van der Waals surface area contributed by atoms with Crippen LogP contribution in [0.5, 0.6) is 0 Å². The van der Waals surface area contributed by atoms with Crippen LogP contribution in [-0.4, -0.2) is 25.9 Å². The van der Waals surface area contributed by atoms with Crippen molar-refractivity contribution in [3.05, 3.63) is 35.6 Å². The van der Waals surface area contributed by atoms with Crippen molar-refractivity contribution in [3.8, 4) is 0 Å². The molecule has 1 heterocycles. The summed E-state index contributed by atoms with van der Waals surface area (Å²) in [6, 6.07) is 7.71. The Morgan fingerprint density at radius 3 is 2.78 bits per heavy atom. The van der Waals surface area contributed by atoms with E-state index in [2.05, 4.69) is 0 Å². The molecule has 0 unspecified atom stereocenters. The number of hydrogen-bond donors (Lipinski definition) is 0. The summed E-state index contributed by atoms with van der Waals surface area (Å²) in [5.41, 5.74) is 1.83. The number of hydrogen-bond acceptors (Lipinski definition) is 3. The van der Waals surface area contributed by atoms with E-state index in [1.807, 2.05) is 37.3 Å². The van der Waals surface area contributed by atoms with Gasteiger partial charge in [-0.3, -0.25) is 4.90 Å². The van der Waals surface area contributed by atoms with Crippen molar-refractivity contribution in [2.75, 3.05) is 24.7 Å². The minimum atomic E-state index is -0.338. The molecule has 0 aromatic heterocycles. The molecule has 96 valence electrons. The molecule has 0 radical (unpaired) electrons. The van der Waals surface area contributed by atoms with Gasteiger partial charge in [0.15, 0.2) is 0 Å². The highest BCUT2D eigenvalue weighted by Gasteiger charge is 2.24. The Morgan fingerprint density at radius 1 is 1.28 bits per heavy atom. The third kappa shape index (κ3) is 2.47. The second kappa shape index (κ2) is 5.58. The number of carbonyl (C=O) groups is 1. The Labute approximate surface area is 107 Å². The largest absolute Gasteiger partial charge is 0.496 e. The topological polar surface area (TPSA) is 38.8 Å². The van der Waals surface area contributed by atoms with Crippen LogP contribution in [0.1, 0.15) is 19.4 Å². The maximum Gasteiger partial charge on any atom is 0.414 e. The SMILES string of the molecule is CCOC(=O)N1CC(OCC)=Cc2ccccc21. The van der Waals surface area contributed by atoms with Crippen LogP contribution in [0.2, 0.25) is 0 Å². The van der Waals surface area contributed by atoms with Crippen molar-refractivity contribution in [3.63, 3.8) is 0 Å². The number of carbonyl (C=O) groups excluding carboxylic acids is 1. The van der Waals surface area contributed by atoms with E-state index in [0.29, 0.717) is 19.8 Å². The lowest BCUT2D eigenvalue weighted by molar-refractivity contribution is 0.157. The molecule has 0 atom stereocenters. The molecule has 0 N–H and O–H groups in total. The van der Waals surface area contributed by atoms with E-state index in [-0.39, 0.29) is 6.09 Å². The molecule has 0 fully saturated rings. The van der Waals surface area contributed by atoms with Crippen molar-refractivity contribution in [2.24, 2.45) is 0 Å². The molecule has 2 rings (SSSR count). The molecule has 0 saturated heterocycles. The van der Waals surface area contributed by atoms with Gasteiger partial charge in [-0.2, -0.15) is 0 Å². The van der Waals surface area contributed by atoms with Crippen molar-refractivity contribution < 1.29 is 14.3 Å². The summed E-state index contributed by atoms with van der Waals surface area (Å²) in [4.78, 5) is 13.5. The Kier molecular flexibility index (Phi) is 3.87. The monoisotopic (exact) mass is 247 g/mol. The summed E-state index contributed by atoms with van der Waals surface area (Å²) in [5.74, 6) is 0.782. The number of para-hydroxylation sites is 1. The van der Waals surface area contributed by atoms with Crippen molar-refractivity contribution >= 4 is 17.9 Å². The highest BCUT2D eigenvalue weighted by molar-refractivity contribution is 5.93. The smallest absolute Gasteiger partial charge is 0.414 e. The highest BCUT2D eigenvalue weighted by Crippen LogP contribution is 2.29. The van der Waals surface area contributed by atoms with Gasteiger partial charge in [-0.05, 0) is 26.0 Å². The Balaban J connectivity index is 2.32. The number of fused-ring (bicyclic) bond motifs is 1. The predicted octanol–water partition coefficient (Wildman–Crippen LogP) is 3.04. The lowest BCUT2D eigenvalue weighted by Gasteiger charge is -2.28. The summed E-state index contributed by atoms with van der Waals surface area (Å²) in [5, 5.41) is 0. The van der Waals surface area contributed by atoms with E-state index in [4.69, 9.17) is 9.47 Å². The maximum atomic E-state index is 11.9. The van der Waals surface area contributed by atoms with E-state index >= 15 is 0 Å². The third-order valence-electron chi connectivity index (χ3n) is 2.68. The first-order valence-electron chi connectivity index (χ1n) is 6.13. The summed E-state index contributed by atoms with van der Waals surface area (Å²) in [6.07, 6.45) is 1.63. The fraction of sp³-hybridized carbons (Fsp3) is 0.357. The number of rotatable bonds is 3. The second-order valence-corrected chi connectivity index (χ2v) is 3.89. The van der Waals surface area contributed by atoms with Gasteiger partial charge in [0.05, 0.1) is 25.4 Å². The molecule has 0 bridgehead atoms. The average Bonchev–Trinajstić information content (AvgIpc) is 2.38. The zero-order valence-electron chi connectivity index (χ0n) is 10.7. The lowest BCUT2D eigenvalue weighted by atomic mass is 10.1. The number of amides is 1. The van der Waals surface area contributed by atoms with Crippen LogP contribution < -0.4 is 4.90 Å². The summed E-state index contributed by atoms with van der Waals surface area (Å²) in [6.45, 7) is 5.10. The second-order valence-electron chi connectivity index (χ2n) is 3.89. The standard InChI is InChI=1S/C14H17NO3/c1-3-17-12-9-11-7-5-6-8-13(11)15(10-12)14(16)18-4-2/h5-9H,3-4,10H2,1-2H3. The first-order chi connectivity index (χ1) is 8.76. The molecule has 0 saturated carbocycles. The Hall–Kier alpha value is -1.97. The normalized spacial score (nSPS) is 13.7. The van der Waals surface area contributed by atoms with Crippen molar-refractivity contribution in [1.82, 2.24) is 0 Å². The molecular formula is C14H17NO3. The molecule has 1 aromatic rings. The van der Waals surface area contributed by atoms with Gasteiger partial charge >= 0.3 is 6.09 Å². The van der Waals surface area contributed by atoms with Crippen LogP contribution in [0.15, 0.2) is 30.0 Å². The lowest BCUT2D eigenvalue weighted by Crippen LogP contribution is -2.36. The summed E-state index contributed by atoms with van der Waals surface area (Å²) < 4.78 is 10.6. The zero-order valence-corrected chi connectivity index (χ0v) is 10.7. The minimum Gasteiger partial charge on any atom is -0.496 e. The predicted molar refractivity (Wildman–Crippen MR) is 70.4 cm³/mol. The van der Waals surface area contributed by atoms with Crippen LogP contribution in [0.4, 0.5) is 10.5 Å². The van der Waals surface area contributed by atoms with Crippen LogP contribution in [0.3, 0.4) is 0 Å². The molecule has 4 heteroatoms. The van der Waals surface area contributed by atoms with E-state index in [0.717, 1.165) is 17.0 Å². The van der Waals surface area contributed by atoms with Gasteiger partial charge in [-0.1, -0.05) is 18.2 Å². The van der Waals surface area contributed by atoms with Crippen LogP contribution in [-0.2, 0) is 9.47 Å². The van der Waals surface area contributed by atoms with Gasteiger partial charge in [0, 0.05) is 5.56 Å². The molecule has 1 aliphatic rings. The molecule has 1 amide bonds. The maximum absolute atomic E-state index is 11.9.